The van der Waals surface area contributed by atoms with Crippen molar-refractivity contribution in [2.45, 2.75) is 64.7 Å². The van der Waals surface area contributed by atoms with Crippen LogP contribution in [-0.2, 0) is 0 Å². The summed E-state index contributed by atoms with van der Waals surface area (Å²) in [4.78, 5) is 24.3. The Morgan fingerprint density at radius 1 is 0.704 bits per heavy atom. The molecule has 150 valence electrons. The molecule has 0 saturated carbocycles. The highest BCUT2D eigenvalue weighted by Crippen LogP contribution is 2.14. The van der Waals surface area contributed by atoms with Gasteiger partial charge in [-0.25, -0.2) is 0 Å². The fraction of sp³-hybridized carbons (Fsp3) is 0.625. The minimum Gasteiger partial charge on any atom is -0.368 e. The summed E-state index contributed by atoms with van der Waals surface area (Å²) in [6.45, 7) is 12.1. The van der Waals surface area contributed by atoms with Gasteiger partial charge in [-0.05, 0) is 34.0 Å². The van der Waals surface area contributed by atoms with E-state index in [0.29, 0.717) is 29.8 Å². The molecule has 10 nitrogen and oxygen atoms in total. The van der Waals surface area contributed by atoms with Gasteiger partial charge in [-0.3, -0.25) is 0 Å². The standard InChI is InChI=1S/C10H19N5S.C6H11N5/c1-6(2)11-8-13-9(12-7(3)4)15-10(14-8)16-5;1-3(2)4-9-5(7)11-6(8)10-4/h6-7H,1-5H3,(H2,11,12,13,14,15);3H,1-2H3,(H4,7,8,9,10,11). The zero-order chi connectivity index (χ0) is 20.6. The number of aromatic nitrogens is 6. The second kappa shape index (κ2) is 10.7. The number of hydrogen-bond acceptors (Lipinski definition) is 11. The van der Waals surface area contributed by atoms with Gasteiger partial charge < -0.3 is 22.1 Å². The number of nitrogens with two attached hydrogens (primary N) is 2. The molecule has 0 fully saturated rings. The molecule has 2 aromatic rings. The number of thioether (sulfide) groups is 1. The van der Waals surface area contributed by atoms with Gasteiger partial charge in [0, 0.05) is 18.0 Å². The third-order valence-electron chi connectivity index (χ3n) is 2.84. The summed E-state index contributed by atoms with van der Waals surface area (Å²) in [6, 6.07) is 0.619. The van der Waals surface area contributed by atoms with Crippen LogP contribution in [0.25, 0.3) is 0 Å². The van der Waals surface area contributed by atoms with Crippen molar-refractivity contribution < 1.29 is 0 Å². The monoisotopic (exact) mass is 394 g/mol. The first-order valence-electron chi connectivity index (χ1n) is 8.70. The van der Waals surface area contributed by atoms with Gasteiger partial charge in [-0.15, -0.1) is 0 Å². The van der Waals surface area contributed by atoms with E-state index in [1.807, 2.05) is 20.1 Å². The predicted molar refractivity (Wildman–Crippen MR) is 112 cm³/mol. The number of nitrogen functional groups attached to an aromatic ring is 2. The third kappa shape index (κ3) is 8.67. The molecule has 2 aromatic heterocycles. The van der Waals surface area contributed by atoms with E-state index >= 15 is 0 Å². The quantitative estimate of drug-likeness (QED) is 0.534. The molecule has 27 heavy (non-hydrogen) atoms. The van der Waals surface area contributed by atoms with E-state index in [2.05, 4.69) is 68.2 Å². The van der Waals surface area contributed by atoms with Crippen LogP contribution < -0.4 is 22.1 Å². The molecule has 0 aliphatic heterocycles. The summed E-state index contributed by atoms with van der Waals surface area (Å²) in [5.41, 5.74) is 10.7. The topological polar surface area (TPSA) is 153 Å². The molecule has 0 aromatic carbocycles. The van der Waals surface area contributed by atoms with Crippen LogP contribution in [-0.4, -0.2) is 48.2 Å². The van der Waals surface area contributed by atoms with Crippen molar-refractivity contribution in [1.29, 1.82) is 0 Å². The Bertz CT molecular complexity index is 672. The lowest BCUT2D eigenvalue weighted by molar-refractivity contribution is 0.768. The molecule has 0 bridgehead atoms. The normalized spacial score (nSPS) is 10.7. The van der Waals surface area contributed by atoms with Crippen LogP contribution in [0.4, 0.5) is 23.8 Å². The van der Waals surface area contributed by atoms with Crippen molar-refractivity contribution >= 4 is 35.6 Å². The summed E-state index contributed by atoms with van der Waals surface area (Å²) in [6.07, 6.45) is 1.95. The molecule has 2 heterocycles. The first-order chi connectivity index (χ1) is 12.6. The molecule has 0 atom stereocenters. The molecule has 0 unspecified atom stereocenters. The predicted octanol–water partition coefficient (Wildman–Crippen LogP) is 2.39. The van der Waals surface area contributed by atoms with Crippen molar-refractivity contribution in [2.75, 3.05) is 28.4 Å². The van der Waals surface area contributed by atoms with Gasteiger partial charge in [0.05, 0.1) is 0 Å². The molecule has 11 heteroatoms. The van der Waals surface area contributed by atoms with E-state index in [0.717, 1.165) is 5.16 Å². The second-order valence-electron chi connectivity index (χ2n) is 6.63. The number of anilines is 4. The minimum absolute atomic E-state index is 0.182. The van der Waals surface area contributed by atoms with Crippen LogP contribution in [0.3, 0.4) is 0 Å². The fourth-order valence-electron chi connectivity index (χ4n) is 1.78. The summed E-state index contributed by atoms with van der Waals surface area (Å²) in [5, 5.41) is 7.08. The highest BCUT2D eigenvalue weighted by atomic mass is 32.2. The molecule has 0 amide bonds. The van der Waals surface area contributed by atoms with E-state index in [-0.39, 0.29) is 17.8 Å². The molecule has 0 spiro atoms. The zero-order valence-electron chi connectivity index (χ0n) is 17.0. The Balaban J connectivity index is 0.000000289. The van der Waals surface area contributed by atoms with Gasteiger partial charge in [-0.1, -0.05) is 25.6 Å². The van der Waals surface area contributed by atoms with Gasteiger partial charge in [0.1, 0.15) is 5.82 Å². The molecule has 0 aliphatic carbocycles. The highest BCUT2D eigenvalue weighted by Gasteiger charge is 2.07. The average Bonchev–Trinajstić information content (AvgIpc) is 2.52. The van der Waals surface area contributed by atoms with Gasteiger partial charge in [0.25, 0.3) is 0 Å². The highest BCUT2D eigenvalue weighted by molar-refractivity contribution is 7.98. The van der Waals surface area contributed by atoms with E-state index < -0.39 is 0 Å². The Labute approximate surface area is 164 Å². The zero-order valence-corrected chi connectivity index (χ0v) is 17.8. The Hall–Kier alpha value is -2.43. The first kappa shape index (κ1) is 22.6. The van der Waals surface area contributed by atoms with Crippen LogP contribution >= 0.6 is 11.8 Å². The maximum absolute atomic E-state index is 5.36. The molecular formula is C16H30N10S. The van der Waals surface area contributed by atoms with Gasteiger partial charge in [0.2, 0.25) is 23.8 Å². The Kier molecular flexibility index (Phi) is 8.92. The molecule has 0 radical (unpaired) electrons. The maximum Gasteiger partial charge on any atom is 0.228 e. The van der Waals surface area contributed by atoms with E-state index in [1.165, 1.54) is 11.8 Å². The maximum atomic E-state index is 5.36. The van der Waals surface area contributed by atoms with Gasteiger partial charge >= 0.3 is 0 Å². The smallest absolute Gasteiger partial charge is 0.228 e. The number of nitrogens with zero attached hydrogens (tertiary/aromatic N) is 6. The largest absolute Gasteiger partial charge is 0.368 e. The third-order valence-corrected chi connectivity index (χ3v) is 3.38. The lowest BCUT2D eigenvalue weighted by Crippen LogP contribution is -2.17. The van der Waals surface area contributed by atoms with Crippen molar-refractivity contribution in [3.05, 3.63) is 5.82 Å². The fourth-order valence-corrected chi connectivity index (χ4v) is 2.13. The first-order valence-corrected chi connectivity index (χ1v) is 9.93. The van der Waals surface area contributed by atoms with E-state index in [4.69, 9.17) is 11.5 Å². The van der Waals surface area contributed by atoms with Crippen LogP contribution in [0, 0.1) is 0 Å². The summed E-state index contributed by atoms with van der Waals surface area (Å²) >= 11 is 1.51. The van der Waals surface area contributed by atoms with Gasteiger partial charge in [0.15, 0.2) is 5.16 Å². The molecule has 2 rings (SSSR count). The van der Waals surface area contributed by atoms with E-state index in [1.54, 1.807) is 0 Å². The lowest BCUT2D eigenvalue weighted by atomic mass is 10.2. The molecule has 0 saturated heterocycles. The molecular weight excluding hydrogens is 364 g/mol. The van der Waals surface area contributed by atoms with Crippen LogP contribution in [0.5, 0.6) is 0 Å². The molecule has 6 N–H and O–H groups in total. The van der Waals surface area contributed by atoms with Crippen LogP contribution in [0.2, 0.25) is 0 Å². The Morgan fingerprint density at radius 3 is 1.48 bits per heavy atom. The molecule has 0 aliphatic rings. The van der Waals surface area contributed by atoms with Crippen molar-refractivity contribution in [1.82, 2.24) is 29.9 Å². The van der Waals surface area contributed by atoms with Crippen molar-refractivity contribution in [3.8, 4) is 0 Å². The SMILES string of the molecule is CC(C)c1nc(N)nc(N)n1.CSc1nc(NC(C)C)nc(NC(C)C)n1. The average molecular weight is 395 g/mol. The summed E-state index contributed by atoms with van der Waals surface area (Å²) < 4.78 is 0. The number of hydrogen-bond donors (Lipinski definition) is 4. The van der Waals surface area contributed by atoms with E-state index in [9.17, 15) is 0 Å². The minimum atomic E-state index is 0.182. The Morgan fingerprint density at radius 2 is 1.15 bits per heavy atom. The van der Waals surface area contributed by atoms with Crippen LogP contribution in [0.15, 0.2) is 5.16 Å². The number of nitrogens with one attached hydrogen (secondary N) is 2. The lowest BCUT2D eigenvalue weighted by Gasteiger charge is -2.12. The summed E-state index contributed by atoms with van der Waals surface area (Å²) in [7, 11) is 0. The van der Waals surface area contributed by atoms with Crippen LogP contribution in [0.1, 0.15) is 53.3 Å². The van der Waals surface area contributed by atoms with Crippen molar-refractivity contribution in [3.63, 3.8) is 0 Å². The number of rotatable bonds is 6. The summed E-state index contributed by atoms with van der Waals surface area (Å²) in [5.74, 6) is 2.47. The second-order valence-corrected chi connectivity index (χ2v) is 7.41. The van der Waals surface area contributed by atoms with Gasteiger partial charge in [-0.2, -0.15) is 29.9 Å². The van der Waals surface area contributed by atoms with Crippen molar-refractivity contribution in [2.24, 2.45) is 0 Å².